The Labute approximate surface area is 89.2 Å². The molecule has 0 bridgehead atoms. The monoisotopic (exact) mass is 205 g/mol. The molecule has 1 amide bonds. The van der Waals surface area contributed by atoms with Crippen molar-refractivity contribution in [3.63, 3.8) is 0 Å². The molecule has 0 atom stereocenters. The van der Waals surface area contributed by atoms with Gasteiger partial charge in [-0.15, -0.1) is 6.58 Å². The van der Waals surface area contributed by atoms with E-state index in [0.29, 0.717) is 25.1 Å². The highest BCUT2D eigenvalue weighted by Crippen LogP contribution is 2.02. The summed E-state index contributed by atoms with van der Waals surface area (Å²) in [5.74, 6) is -0.115. The van der Waals surface area contributed by atoms with Crippen LogP contribution in [0, 0.1) is 0 Å². The summed E-state index contributed by atoms with van der Waals surface area (Å²) in [4.78, 5) is 15.7. The Morgan fingerprint density at radius 1 is 1.67 bits per heavy atom. The standard InChI is InChI=1S/C11H15N3O/c1-2-6-14-11(15)9-4-7-13-10(8-9)3-5-12/h2,4,7-8H,1,3,5-6,12H2,(H,14,15). The van der Waals surface area contributed by atoms with Crippen LogP contribution in [-0.2, 0) is 6.42 Å². The Hall–Kier alpha value is -1.68. The maximum Gasteiger partial charge on any atom is 0.251 e. The average molecular weight is 205 g/mol. The van der Waals surface area contributed by atoms with Crippen molar-refractivity contribution < 1.29 is 4.79 Å². The van der Waals surface area contributed by atoms with Crippen molar-refractivity contribution in [1.29, 1.82) is 0 Å². The van der Waals surface area contributed by atoms with Crippen LogP contribution in [0.25, 0.3) is 0 Å². The fourth-order valence-corrected chi connectivity index (χ4v) is 1.17. The van der Waals surface area contributed by atoms with E-state index < -0.39 is 0 Å². The lowest BCUT2D eigenvalue weighted by atomic mass is 10.2. The van der Waals surface area contributed by atoms with Gasteiger partial charge in [-0.05, 0) is 18.7 Å². The Balaban J connectivity index is 2.71. The molecular weight excluding hydrogens is 190 g/mol. The first-order valence-electron chi connectivity index (χ1n) is 4.82. The van der Waals surface area contributed by atoms with Gasteiger partial charge in [0.15, 0.2) is 0 Å². The number of carbonyl (C=O) groups is 1. The third-order valence-corrected chi connectivity index (χ3v) is 1.89. The van der Waals surface area contributed by atoms with Gasteiger partial charge in [-0.2, -0.15) is 0 Å². The Kier molecular flexibility index (Phi) is 4.50. The number of nitrogens with two attached hydrogens (primary N) is 1. The largest absolute Gasteiger partial charge is 0.349 e. The summed E-state index contributed by atoms with van der Waals surface area (Å²) in [7, 11) is 0. The number of carbonyl (C=O) groups excluding carboxylic acids is 1. The van der Waals surface area contributed by atoms with E-state index in [-0.39, 0.29) is 5.91 Å². The Morgan fingerprint density at radius 3 is 3.13 bits per heavy atom. The van der Waals surface area contributed by atoms with E-state index in [2.05, 4.69) is 16.9 Å². The predicted octanol–water partition coefficient (Wildman–Crippen LogP) is 0.499. The smallest absolute Gasteiger partial charge is 0.251 e. The molecule has 0 aliphatic rings. The van der Waals surface area contributed by atoms with Crippen LogP contribution >= 0.6 is 0 Å². The van der Waals surface area contributed by atoms with Crippen LogP contribution in [0.2, 0.25) is 0 Å². The van der Waals surface area contributed by atoms with Crippen molar-refractivity contribution in [2.24, 2.45) is 5.73 Å². The molecule has 4 heteroatoms. The van der Waals surface area contributed by atoms with E-state index in [1.54, 1.807) is 24.4 Å². The summed E-state index contributed by atoms with van der Waals surface area (Å²) < 4.78 is 0. The second-order valence-corrected chi connectivity index (χ2v) is 3.07. The maximum absolute atomic E-state index is 11.5. The van der Waals surface area contributed by atoms with Gasteiger partial charge in [-0.3, -0.25) is 9.78 Å². The normalized spacial score (nSPS) is 9.67. The van der Waals surface area contributed by atoms with Crippen molar-refractivity contribution in [3.8, 4) is 0 Å². The lowest BCUT2D eigenvalue weighted by Crippen LogP contribution is -2.23. The molecule has 0 saturated heterocycles. The topological polar surface area (TPSA) is 68.0 Å². The van der Waals surface area contributed by atoms with E-state index >= 15 is 0 Å². The predicted molar refractivity (Wildman–Crippen MR) is 59.5 cm³/mol. The van der Waals surface area contributed by atoms with E-state index in [1.807, 2.05) is 0 Å². The second-order valence-electron chi connectivity index (χ2n) is 3.07. The van der Waals surface area contributed by atoms with Gasteiger partial charge in [-0.25, -0.2) is 0 Å². The van der Waals surface area contributed by atoms with Gasteiger partial charge in [0.2, 0.25) is 0 Å². The molecule has 0 unspecified atom stereocenters. The second kappa shape index (κ2) is 5.93. The lowest BCUT2D eigenvalue weighted by Gasteiger charge is -2.03. The minimum absolute atomic E-state index is 0.115. The molecule has 0 spiro atoms. The van der Waals surface area contributed by atoms with Gasteiger partial charge < -0.3 is 11.1 Å². The van der Waals surface area contributed by atoms with Crippen molar-refractivity contribution in [2.45, 2.75) is 6.42 Å². The van der Waals surface area contributed by atoms with Gasteiger partial charge in [0.05, 0.1) is 0 Å². The van der Waals surface area contributed by atoms with E-state index in [4.69, 9.17) is 5.73 Å². The molecule has 0 saturated carbocycles. The van der Waals surface area contributed by atoms with Crippen LogP contribution < -0.4 is 11.1 Å². The first-order chi connectivity index (χ1) is 7.27. The number of hydrogen-bond acceptors (Lipinski definition) is 3. The molecule has 1 aromatic rings. The Bertz CT molecular complexity index is 349. The van der Waals surface area contributed by atoms with E-state index in [0.717, 1.165) is 5.69 Å². The number of pyridine rings is 1. The lowest BCUT2D eigenvalue weighted by molar-refractivity contribution is 0.0958. The average Bonchev–Trinajstić information content (AvgIpc) is 2.27. The van der Waals surface area contributed by atoms with Crippen molar-refractivity contribution in [3.05, 3.63) is 42.2 Å². The van der Waals surface area contributed by atoms with Crippen LogP contribution in [0.4, 0.5) is 0 Å². The molecule has 0 fully saturated rings. The van der Waals surface area contributed by atoms with E-state index in [9.17, 15) is 4.79 Å². The number of nitrogens with zero attached hydrogens (tertiary/aromatic N) is 1. The third kappa shape index (κ3) is 3.52. The number of nitrogens with one attached hydrogen (secondary N) is 1. The summed E-state index contributed by atoms with van der Waals surface area (Å²) in [6, 6.07) is 3.43. The first kappa shape index (κ1) is 11.4. The quantitative estimate of drug-likeness (QED) is 0.688. The fourth-order valence-electron chi connectivity index (χ4n) is 1.17. The van der Waals surface area contributed by atoms with Gasteiger partial charge in [0, 0.05) is 30.4 Å². The zero-order valence-corrected chi connectivity index (χ0v) is 8.57. The van der Waals surface area contributed by atoms with Crippen LogP contribution in [0.15, 0.2) is 31.0 Å². The minimum atomic E-state index is -0.115. The molecule has 0 aliphatic heterocycles. The highest BCUT2D eigenvalue weighted by molar-refractivity contribution is 5.94. The number of amides is 1. The maximum atomic E-state index is 11.5. The molecule has 0 aliphatic carbocycles. The van der Waals surface area contributed by atoms with Crippen LogP contribution in [0.5, 0.6) is 0 Å². The van der Waals surface area contributed by atoms with Crippen molar-refractivity contribution in [1.82, 2.24) is 10.3 Å². The third-order valence-electron chi connectivity index (χ3n) is 1.89. The minimum Gasteiger partial charge on any atom is -0.349 e. The molecule has 1 heterocycles. The fraction of sp³-hybridized carbons (Fsp3) is 0.273. The summed E-state index contributed by atoms with van der Waals surface area (Å²) >= 11 is 0. The molecule has 15 heavy (non-hydrogen) atoms. The van der Waals surface area contributed by atoms with Crippen molar-refractivity contribution >= 4 is 5.91 Å². The van der Waals surface area contributed by atoms with Crippen LogP contribution in [0.3, 0.4) is 0 Å². The molecule has 0 radical (unpaired) electrons. The van der Waals surface area contributed by atoms with Gasteiger partial charge in [0.25, 0.3) is 5.91 Å². The molecule has 80 valence electrons. The summed E-state index contributed by atoms with van der Waals surface area (Å²) in [5, 5.41) is 2.70. The molecule has 4 nitrogen and oxygen atoms in total. The zero-order chi connectivity index (χ0) is 11.1. The SMILES string of the molecule is C=CCNC(=O)c1ccnc(CCN)c1. The van der Waals surface area contributed by atoms with Crippen LogP contribution in [-0.4, -0.2) is 24.0 Å². The first-order valence-corrected chi connectivity index (χ1v) is 4.82. The molecule has 1 aromatic heterocycles. The highest BCUT2D eigenvalue weighted by atomic mass is 16.1. The molecule has 3 N–H and O–H groups in total. The van der Waals surface area contributed by atoms with Gasteiger partial charge >= 0.3 is 0 Å². The number of rotatable bonds is 5. The number of hydrogen-bond donors (Lipinski definition) is 2. The van der Waals surface area contributed by atoms with Crippen molar-refractivity contribution in [2.75, 3.05) is 13.1 Å². The summed E-state index contributed by atoms with van der Waals surface area (Å²) in [6.07, 6.45) is 3.94. The summed E-state index contributed by atoms with van der Waals surface area (Å²) in [6.45, 7) is 4.53. The van der Waals surface area contributed by atoms with Gasteiger partial charge in [0.1, 0.15) is 0 Å². The highest BCUT2D eigenvalue weighted by Gasteiger charge is 2.04. The zero-order valence-electron chi connectivity index (χ0n) is 8.57. The van der Waals surface area contributed by atoms with E-state index in [1.165, 1.54) is 0 Å². The Morgan fingerprint density at radius 2 is 2.47 bits per heavy atom. The number of aromatic nitrogens is 1. The molecular formula is C11H15N3O. The molecule has 0 aromatic carbocycles. The van der Waals surface area contributed by atoms with Crippen LogP contribution in [0.1, 0.15) is 16.1 Å². The summed E-state index contributed by atoms with van der Waals surface area (Å²) in [5.41, 5.74) is 6.86. The van der Waals surface area contributed by atoms with Gasteiger partial charge in [-0.1, -0.05) is 6.08 Å². The molecule has 1 rings (SSSR count).